The number of nitrogens with zero attached hydrogens (tertiary/aromatic N) is 4. The molecule has 0 spiro atoms. The molecule has 6 nitrogen and oxygen atoms in total. The molecule has 0 saturated carbocycles. The molecule has 0 aliphatic carbocycles. The Balaban J connectivity index is 1.79. The molecule has 124 valence electrons. The molecular formula is C16H15F2N5O. The number of rotatable bonds is 6. The second-order valence-corrected chi connectivity index (χ2v) is 5.15. The van der Waals surface area contributed by atoms with Crippen LogP contribution in [0.15, 0.2) is 61.3 Å². The highest BCUT2D eigenvalue weighted by atomic mass is 19.3. The molecule has 24 heavy (non-hydrogen) atoms. The van der Waals surface area contributed by atoms with Crippen LogP contribution in [-0.2, 0) is 6.54 Å². The molecule has 0 unspecified atom stereocenters. The Bertz CT molecular complexity index is 786. The van der Waals surface area contributed by atoms with E-state index < -0.39 is 12.5 Å². The lowest BCUT2D eigenvalue weighted by Gasteiger charge is -2.19. The fourth-order valence-corrected chi connectivity index (χ4v) is 2.33. The molecule has 3 aromatic rings. The fraction of sp³-hybridized carbons (Fsp3) is 0.188. The fourth-order valence-electron chi connectivity index (χ4n) is 2.33. The van der Waals surface area contributed by atoms with E-state index in [9.17, 15) is 13.6 Å². The van der Waals surface area contributed by atoms with E-state index in [1.165, 1.54) is 6.07 Å². The number of amides is 1. The molecule has 1 amide bonds. The van der Waals surface area contributed by atoms with Gasteiger partial charge in [-0.25, -0.2) is 9.67 Å². The zero-order chi connectivity index (χ0) is 16.9. The minimum Gasteiger partial charge on any atom is -0.342 e. The van der Waals surface area contributed by atoms with Crippen molar-refractivity contribution in [3.8, 4) is 0 Å². The van der Waals surface area contributed by atoms with Gasteiger partial charge in [0, 0.05) is 25.1 Å². The average Bonchev–Trinajstić information content (AvgIpc) is 3.26. The quantitative estimate of drug-likeness (QED) is 0.755. The van der Waals surface area contributed by atoms with Crippen LogP contribution in [0.1, 0.15) is 28.6 Å². The molecular weight excluding hydrogens is 316 g/mol. The Morgan fingerprint density at radius 3 is 2.58 bits per heavy atom. The first-order valence-electron chi connectivity index (χ1n) is 7.28. The van der Waals surface area contributed by atoms with Crippen molar-refractivity contribution in [2.24, 2.45) is 0 Å². The van der Waals surface area contributed by atoms with Gasteiger partial charge < -0.3 is 9.88 Å². The van der Waals surface area contributed by atoms with Crippen LogP contribution in [0.5, 0.6) is 0 Å². The summed E-state index contributed by atoms with van der Waals surface area (Å²) < 4.78 is 27.4. The number of aromatic nitrogens is 4. The van der Waals surface area contributed by atoms with E-state index in [-0.39, 0.29) is 11.7 Å². The van der Waals surface area contributed by atoms with Crippen molar-refractivity contribution in [1.29, 1.82) is 0 Å². The molecule has 0 saturated heterocycles. The summed E-state index contributed by atoms with van der Waals surface area (Å²) in [5.41, 5.74) is 0.842. The van der Waals surface area contributed by atoms with Gasteiger partial charge in [-0.2, -0.15) is 13.9 Å². The Morgan fingerprint density at radius 1 is 1.17 bits per heavy atom. The van der Waals surface area contributed by atoms with Crippen LogP contribution in [0.3, 0.4) is 0 Å². The van der Waals surface area contributed by atoms with Gasteiger partial charge in [-0.15, -0.1) is 0 Å². The van der Waals surface area contributed by atoms with Gasteiger partial charge in [0.05, 0.1) is 12.4 Å². The third-order valence-electron chi connectivity index (χ3n) is 3.50. The van der Waals surface area contributed by atoms with E-state index in [2.05, 4.69) is 15.4 Å². The lowest BCUT2D eigenvalue weighted by atomic mass is 10.1. The molecule has 1 atom stereocenters. The normalized spacial score (nSPS) is 12.3. The van der Waals surface area contributed by atoms with Crippen LogP contribution < -0.4 is 5.32 Å². The van der Waals surface area contributed by atoms with Gasteiger partial charge in [0.25, 0.3) is 5.91 Å². The Hall–Kier alpha value is -3.03. The topological polar surface area (TPSA) is 64.7 Å². The number of nitrogens with one attached hydrogen (secondary N) is 1. The Kier molecular flexibility index (Phi) is 4.64. The van der Waals surface area contributed by atoms with Crippen LogP contribution in [0.25, 0.3) is 0 Å². The predicted octanol–water partition coefficient (Wildman–Crippen LogP) is 2.65. The number of carbonyl (C=O) groups excluding carboxylic acids is 1. The maximum Gasteiger partial charge on any atom is 0.333 e. The Labute approximate surface area is 136 Å². The zero-order valence-corrected chi connectivity index (χ0v) is 12.6. The van der Waals surface area contributed by atoms with Crippen LogP contribution in [-0.4, -0.2) is 25.2 Å². The summed E-state index contributed by atoms with van der Waals surface area (Å²) in [5, 5.41) is 6.42. The summed E-state index contributed by atoms with van der Waals surface area (Å²) in [4.78, 5) is 16.3. The summed E-state index contributed by atoms with van der Waals surface area (Å²) in [7, 11) is 0. The number of alkyl halides is 2. The second-order valence-electron chi connectivity index (χ2n) is 5.15. The molecule has 8 heteroatoms. The summed E-state index contributed by atoms with van der Waals surface area (Å²) in [6, 6.07) is 10.3. The molecule has 2 aromatic heterocycles. The largest absolute Gasteiger partial charge is 0.342 e. The first-order valence-corrected chi connectivity index (χ1v) is 7.28. The maximum atomic E-state index is 12.6. The first-order chi connectivity index (χ1) is 11.6. The van der Waals surface area contributed by atoms with Gasteiger partial charge in [-0.1, -0.05) is 30.3 Å². The van der Waals surface area contributed by atoms with E-state index in [0.717, 1.165) is 11.8 Å². The lowest BCUT2D eigenvalue weighted by molar-refractivity contribution is 0.0559. The van der Waals surface area contributed by atoms with Gasteiger partial charge in [0.2, 0.25) is 0 Å². The van der Waals surface area contributed by atoms with Crippen LogP contribution in [0.2, 0.25) is 0 Å². The highest BCUT2D eigenvalue weighted by molar-refractivity contribution is 5.92. The van der Waals surface area contributed by atoms with E-state index in [1.54, 1.807) is 18.7 Å². The number of benzene rings is 1. The van der Waals surface area contributed by atoms with Gasteiger partial charge >= 0.3 is 6.55 Å². The van der Waals surface area contributed by atoms with E-state index in [1.807, 2.05) is 34.9 Å². The standard InChI is InChI=1S/C16H15F2N5O/c17-16(18)23-8-6-13(21-23)15(24)20-14(10-22-9-7-19-11-22)12-4-2-1-3-5-12/h1-9,11,14,16H,10H2,(H,20,24)/t14-/m0/s1. The molecule has 1 aromatic carbocycles. The van der Waals surface area contributed by atoms with Crippen molar-refractivity contribution in [3.63, 3.8) is 0 Å². The van der Waals surface area contributed by atoms with Crippen molar-refractivity contribution in [2.75, 3.05) is 0 Å². The SMILES string of the molecule is O=C(N[C@@H](Cn1ccnc1)c1ccccc1)c1ccn(C(F)F)n1. The molecule has 0 fully saturated rings. The van der Waals surface area contributed by atoms with Gasteiger partial charge in [-0.3, -0.25) is 4.79 Å². The van der Waals surface area contributed by atoms with Crippen molar-refractivity contribution >= 4 is 5.91 Å². The van der Waals surface area contributed by atoms with Gasteiger partial charge in [0.1, 0.15) is 5.69 Å². The number of hydrogen-bond donors (Lipinski definition) is 1. The molecule has 0 bridgehead atoms. The minimum absolute atomic E-state index is 0.0538. The minimum atomic E-state index is -2.78. The summed E-state index contributed by atoms with van der Waals surface area (Å²) in [6.45, 7) is -2.31. The van der Waals surface area contributed by atoms with Gasteiger partial charge in [0.15, 0.2) is 0 Å². The summed E-state index contributed by atoms with van der Waals surface area (Å²) in [5.74, 6) is -0.511. The van der Waals surface area contributed by atoms with Crippen molar-refractivity contribution in [3.05, 3.63) is 72.6 Å². The smallest absolute Gasteiger partial charge is 0.333 e. The van der Waals surface area contributed by atoms with Crippen molar-refractivity contribution in [1.82, 2.24) is 24.6 Å². The number of halogens is 2. The maximum absolute atomic E-state index is 12.6. The monoisotopic (exact) mass is 331 g/mol. The summed E-state index contributed by atoms with van der Waals surface area (Å²) in [6.07, 6.45) is 6.16. The summed E-state index contributed by atoms with van der Waals surface area (Å²) >= 11 is 0. The highest BCUT2D eigenvalue weighted by Gasteiger charge is 2.19. The number of hydrogen-bond acceptors (Lipinski definition) is 3. The zero-order valence-electron chi connectivity index (χ0n) is 12.6. The molecule has 0 aliphatic rings. The lowest BCUT2D eigenvalue weighted by Crippen LogP contribution is -2.31. The number of carbonyl (C=O) groups is 1. The van der Waals surface area contributed by atoms with Crippen molar-refractivity contribution < 1.29 is 13.6 Å². The third-order valence-corrected chi connectivity index (χ3v) is 3.50. The van der Waals surface area contributed by atoms with Crippen LogP contribution in [0.4, 0.5) is 8.78 Å². The second kappa shape index (κ2) is 7.03. The first kappa shape index (κ1) is 15.9. The predicted molar refractivity (Wildman–Crippen MR) is 82.4 cm³/mol. The molecule has 1 N–H and O–H groups in total. The van der Waals surface area contributed by atoms with E-state index in [4.69, 9.17) is 0 Å². The third kappa shape index (κ3) is 3.65. The molecule has 2 heterocycles. The molecule has 0 radical (unpaired) electrons. The van der Waals surface area contributed by atoms with Gasteiger partial charge in [-0.05, 0) is 11.6 Å². The molecule has 3 rings (SSSR count). The van der Waals surface area contributed by atoms with E-state index >= 15 is 0 Å². The molecule has 0 aliphatic heterocycles. The Morgan fingerprint density at radius 2 is 1.96 bits per heavy atom. The van der Waals surface area contributed by atoms with Crippen LogP contribution in [0, 0.1) is 0 Å². The van der Waals surface area contributed by atoms with Crippen LogP contribution >= 0.6 is 0 Å². The highest BCUT2D eigenvalue weighted by Crippen LogP contribution is 2.16. The average molecular weight is 331 g/mol. The van der Waals surface area contributed by atoms with Crippen molar-refractivity contribution in [2.45, 2.75) is 19.1 Å². The number of imidazole rings is 1. The van der Waals surface area contributed by atoms with E-state index in [0.29, 0.717) is 11.2 Å².